The number of aliphatic hydroxyl groups is 3. The van der Waals surface area contributed by atoms with Crippen LogP contribution in [0.3, 0.4) is 0 Å². The number of unbranched alkanes of at least 4 members (excludes halogenated alkanes) is 14. The van der Waals surface area contributed by atoms with Crippen molar-refractivity contribution in [2.75, 3.05) is 26.4 Å². The minimum Gasteiger partial charge on any atom is -0.465 e. The van der Waals surface area contributed by atoms with Crippen LogP contribution in [0.4, 0.5) is 0 Å². The molecule has 0 aliphatic heterocycles. The first-order valence-electron chi connectivity index (χ1n) is 11.6. The van der Waals surface area contributed by atoms with Gasteiger partial charge in [-0.2, -0.15) is 0 Å². The fraction of sp³-hybridized carbons (Fsp3) is 0.957. The quantitative estimate of drug-likeness (QED) is 0.140. The molecule has 0 aliphatic rings. The molecular weight excluding hydrogens is 396 g/mol. The van der Waals surface area contributed by atoms with Gasteiger partial charge < -0.3 is 20.1 Å². The van der Waals surface area contributed by atoms with Crippen LogP contribution in [-0.4, -0.2) is 85.5 Å². The zero-order chi connectivity index (χ0) is 20.9. The number of esters is 1. The molecule has 0 aromatic heterocycles. The van der Waals surface area contributed by atoms with Crippen LogP contribution in [0.25, 0.3) is 0 Å². The molecule has 0 unspecified atom stereocenters. The smallest absolute Gasteiger partial charge is 0.465 e. The Morgan fingerprint density at radius 3 is 1.34 bits per heavy atom. The number of aliphatic hydroxyl groups excluding tert-OH is 3. The summed E-state index contributed by atoms with van der Waals surface area (Å²) >= 11 is 0. The number of hydrogen-bond donors (Lipinski definition) is 3. The normalized spacial score (nSPS) is 11.3. The predicted molar refractivity (Wildman–Crippen MR) is 120 cm³/mol. The van der Waals surface area contributed by atoms with Crippen molar-refractivity contribution in [2.24, 2.45) is 5.41 Å². The van der Waals surface area contributed by atoms with Crippen molar-refractivity contribution in [3.63, 3.8) is 0 Å². The molecule has 0 saturated carbocycles. The largest absolute Gasteiger partial charge is 2.00 e. The maximum atomic E-state index is 11.7. The van der Waals surface area contributed by atoms with E-state index in [4.69, 9.17) is 4.74 Å². The third-order valence-electron chi connectivity index (χ3n) is 5.53. The molecule has 0 aromatic rings. The maximum Gasteiger partial charge on any atom is 2.00 e. The van der Waals surface area contributed by atoms with Crippen molar-refractivity contribution < 1.29 is 24.9 Å². The van der Waals surface area contributed by atoms with Gasteiger partial charge in [-0.15, -0.1) is 0 Å². The van der Waals surface area contributed by atoms with Crippen molar-refractivity contribution in [1.82, 2.24) is 0 Å². The summed E-state index contributed by atoms with van der Waals surface area (Å²) in [5.41, 5.74) is -1.13. The first-order chi connectivity index (χ1) is 13.6. The van der Waals surface area contributed by atoms with E-state index in [0.717, 1.165) is 19.3 Å². The van der Waals surface area contributed by atoms with Gasteiger partial charge in [0.05, 0.1) is 25.2 Å². The molecule has 0 atom stereocenters. The summed E-state index contributed by atoms with van der Waals surface area (Å²) in [6, 6.07) is 0. The van der Waals surface area contributed by atoms with Crippen LogP contribution in [0.15, 0.2) is 0 Å². The molecule has 0 heterocycles. The van der Waals surface area contributed by atoms with Gasteiger partial charge in [-0.1, -0.05) is 96.8 Å². The Morgan fingerprint density at radius 2 is 1.00 bits per heavy atom. The van der Waals surface area contributed by atoms with E-state index in [1.807, 2.05) is 0 Å². The van der Waals surface area contributed by atoms with Gasteiger partial charge in [-0.3, -0.25) is 4.79 Å². The van der Waals surface area contributed by atoms with Crippen molar-refractivity contribution >= 4 is 43.7 Å². The molecule has 3 N–H and O–H groups in total. The Kier molecular flexibility index (Phi) is 25.5. The van der Waals surface area contributed by atoms with Crippen molar-refractivity contribution in [3.8, 4) is 0 Å². The summed E-state index contributed by atoms with van der Waals surface area (Å²) in [6.45, 7) is 0.884. The number of carbonyl (C=O) groups excluding carboxylic acids is 1. The summed E-state index contributed by atoms with van der Waals surface area (Å²) in [5, 5.41) is 27.6. The van der Waals surface area contributed by atoms with E-state index in [2.05, 4.69) is 6.92 Å². The molecule has 0 fully saturated rings. The van der Waals surface area contributed by atoms with E-state index in [1.165, 1.54) is 77.0 Å². The molecule has 29 heavy (non-hydrogen) atoms. The number of ether oxygens (including phenoxy) is 1. The van der Waals surface area contributed by atoms with E-state index in [9.17, 15) is 20.1 Å². The average Bonchev–Trinajstić information content (AvgIpc) is 2.72. The molecule has 0 rings (SSSR count). The van der Waals surface area contributed by atoms with E-state index >= 15 is 0 Å². The summed E-state index contributed by atoms with van der Waals surface area (Å²) in [4.78, 5) is 11.7. The van der Waals surface area contributed by atoms with Crippen LogP contribution < -0.4 is 0 Å². The molecule has 0 bridgehead atoms. The summed E-state index contributed by atoms with van der Waals surface area (Å²) in [5.74, 6) is -0.325. The molecule has 5 nitrogen and oxygen atoms in total. The van der Waals surface area contributed by atoms with Gasteiger partial charge in [0.15, 0.2) is 0 Å². The zero-order valence-corrected chi connectivity index (χ0v) is 21.2. The Hall–Kier alpha value is 0.610. The van der Waals surface area contributed by atoms with Crippen LogP contribution in [-0.2, 0) is 9.53 Å². The molecular formula is C23H46CaO5+2. The first kappa shape index (κ1) is 31.8. The second kappa shape index (κ2) is 23.3. The standard InChI is InChI=1S/C23H46O5.Ca/c1-2-3-4-5-6-7-8-9-10-11-12-13-14-15-16-17-22(27)28-21-23(18-24,19-25)20-26;/h24-26H,2-21H2,1H3;/q;+2. The van der Waals surface area contributed by atoms with Gasteiger partial charge in [-0.25, -0.2) is 0 Å². The Bertz CT molecular complexity index is 340. The molecule has 6 heteroatoms. The van der Waals surface area contributed by atoms with Crippen LogP contribution in [0, 0.1) is 5.41 Å². The van der Waals surface area contributed by atoms with E-state index in [0.29, 0.717) is 6.42 Å². The van der Waals surface area contributed by atoms with Gasteiger partial charge >= 0.3 is 43.7 Å². The maximum absolute atomic E-state index is 11.7. The Morgan fingerprint density at radius 1 is 0.655 bits per heavy atom. The van der Waals surface area contributed by atoms with Crippen molar-refractivity contribution in [2.45, 2.75) is 110 Å². The molecule has 0 spiro atoms. The molecule has 0 saturated heterocycles. The van der Waals surface area contributed by atoms with Gasteiger partial charge in [0.1, 0.15) is 6.61 Å². The monoisotopic (exact) mass is 442 g/mol. The van der Waals surface area contributed by atoms with Gasteiger partial charge in [0, 0.05) is 6.42 Å². The van der Waals surface area contributed by atoms with Gasteiger partial charge in [0.2, 0.25) is 0 Å². The number of hydrogen-bond acceptors (Lipinski definition) is 5. The molecule has 168 valence electrons. The van der Waals surface area contributed by atoms with Gasteiger partial charge in [-0.05, 0) is 6.42 Å². The minimum atomic E-state index is -1.13. The SMILES string of the molecule is CCCCCCCCCCCCCCCCCC(=O)OCC(CO)(CO)CO.[Ca+2]. The first-order valence-corrected chi connectivity index (χ1v) is 11.6. The van der Waals surface area contributed by atoms with Crippen LogP contribution in [0.1, 0.15) is 110 Å². The fourth-order valence-corrected chi connectivity index (χ4v) is 3.23. The van der Waals surface area contributed by atoms with Crippen molar-refractivity contribution in [3.05, 3.63) is 0 Å². The van der Waals surface area contributed by atoms with E-state index < -0.39 is 25.2 Å². The molecule has 0 aromatic carbocycles. The van der Waals surface area contributed by atoms with Crippen LogP contribution in [0.2, 0.25) is 0 Å². The molecule has 0 aliphatic carbocycles. The van der Waals surface area contributed by atoms with Crippen LogP contribution in [0.5, 0.6) is 0 Å². The predicted octanol–water partition coefficient (Wildman–Crippen LogP) is 4.37. The number of rotatable bonds is 21. The second-order valence-electron chi connectivity index (χ2n) is 8.33. The number of carbonyl (C=O) groups is 1. The Balaban J connectivity index is 0. The Labute approximate surface area is 209 Å². The average molecular weight is 443 g/mol. The summed E-state index contributed by atoms with van der Waals surface area (Å²) < 4.78 is 5.08. The zero-order valence-electron chi connectivity index (χ0n) is 19.0. The van der Waals surface area contributed by atoms with Gasteiger partial charge in [0.25, 0.3) is 0 Å². The fourth-order valence-electron chi connectivity index (χ4n) is 3.23. The minimum absolute atomic E-state index is 0. The van der Waals surface area contributed by atoms with Crippen LogP contribution >= 0.6 is 0 Å². The van der Waals surface area contributed by atoms with E-state index in [1.54, 1.807) is 0 Å². The molecule has 0 amide bonds. The third-order valence-corrected chi connectivity index (χ3v) is 5.53. The topological polar surface area (TPSA) is 87.0 Å². The second-order valence-corrected chi connectivity index (χ2v) is 8.33. The summed E-state index contributed by atoms with van der Waals surface area (Å²) in [7, 11) is 0. The van der Waals surface area contributed by atoms with E-state index in [-0.39, 0.29) is 50.3 Å². The third kappa shape index (κ3) is 19.1. The summed E-state index contributed by atoms with van der Waals surface area (Å²) in [6.07, 6.45) is 19.6. The van der Waals surface area contributed by atoms with Crippen molar-refractivity contribution in [1.29, 1.82) is 0 Å². The molecule has 0 radical (unpaired) electrons.